The lowest BCUT2D eigenvalue weighted by Crippen LogP contribution is -2.10. The number of anilines is 1. The van der Waals surface area contributed by atoms with Crippen LogP contribution in [-0.4, -0.2) is 14.7 Å². The van der Waals surface area contributed by atoms with E-state index < -0.39 is 10.0 Å². The summed E-state index contributed by atoms with van der Waals surface area (Å²) in [5, 5.41) is 0. The molecule has 4 nitrogen and oxygen atoms in total. The molecule has 0 aromatic heterocycles. The standard InChI is InChI=1S/C9H14N2O2S/c1-7(10)8-3-5-9(6-4-8)11-14(2,12)13/h3-7,11H,10H2,1-2H3. The highest BCUT2D eigenvalue weighted by molar-refractivity contribution is 7.92. The maximum atomic E-state index is 10.9. The molecule has 0 saturated heterocycles. The molecule has 78 valence electrons. The molecule has 1 atom stereocenters. The number of hydrogen-bond donors (Lipinski definition) is 2. The smallest absolute Gasteiger partial charge is 0.229 e. The molecule has 14 heavy (non-hydrogen) atoms. The van der Waals surface area contributed by atoms with Crippen LogP contribution >= 0.6 is 0 Å². The Labute approximate surface area is 84.2 Å². The van der Waals surface area contributed by atoms with E-state index in [0.717, 1.165) is 11.8 Å². The molecule has 0 heterocycles. The molecule has 1 unspecified atom stereocenters. The summed E-state index contributed by atoms with van der Waals surface area (Å²) in [4.78, 5) is 0. The van der Waals surface area contributed by atoms with Crippen LogP contribution < -0.4 is 10.5 Å². The van der Waals surface area contributed by atoms with Gasteiger partial charge in [0.25, 0.3) is 0 Å². The molecular formula is C9H14N2O2S. The quantitative estimate of drug-likeness (QED) is 0.790. The molecule has 5 heteroatoms. The Kier molecular flexibility index (Phi) is 3.13. The van der Waals surface area contributed by atoms with Crippen molar-refractivity contribution in [1.82, 2.24) is 0 Å². The topological polar surface area (TPSA) is 72.2 Å². The van der Waals surface area contributed by atoms with Crippen LogP contribution in [0.15, 0.2) is 24.3 Å². The van der Waals surface area contributed by atoms with Gasteiger partial charge in [0.15, 0.2) is 0 Å². The minimum absolute atomic E-state index is 0.0396. The van der Waals surface area contributed by atoms with E-state index in [9.17, 15) is 8.42 Å². The minimum Gasteiger partial charge on any atom is -0.324 e. The first-order chi connectivity index (χ1) is 6.38. The highest BCUT2D eigenvalue weighted by Crippen LogP contribution is 2.14. The zero-order valence-corrected chi connectivity index (χ0v) is 9.01. The molecule has 0 aliphatic heterocycles. The maximum absolute atomic E-state index is 10.9. The third-order valence-corrected chi connectivity index (χ3v) is 2.35. The summed E-state index contributed by atoms with van der Waals surface area (Å²) in [6, 6.07) is 6.96. The summed E-state index contributed by atoms with van der Waals surface area (Å²) < 4.78 is 24.1. The normalized spacial score (nSPS) is 13.6. The van der Waals surface area contributed by atoms with E-state index in [1.54, 1.807) is 24.3 Å². The lowest BCUT2D eigenvalue weighted by atomic mass is 10.1. The largest absolute Gasteiger partial charge is 0.324 e. The Balaban J connectivity index is 2.84. The SMILES string of the molecule is CC(N)c1ccc(NS(C)(=O)=O)cc1. The predicted molar refractivity (Wildman–Crippen MR) is 57.5 cm³/mol. The van der Waals surface area contributed by atoms with Crippen molar-refractivity contribution in [3.8, 4) is 0 Å². The molecule has 0 amide bonds. The molecule has 1 aromatic carbocycles. The molecule has 1 aromatic rings. The van der Waals surface area contributed by atoms with E-state index >= 15 is 0 Å². The van der Waals surface area contributed by atoms with Crippen molar-refractivity contribution < 1.29 is 8.42 Å². The molecule has 0 radical (unpaired) electrons. The highest BCUT2D eigenvalue weighted by Gasteiger charge is 2.02. The minimum atomic E-state index is -3.19. The molecule has 1 rings (SSSR count). The Morgan fingerprint density at radius 3 is 2.14 bits per heavy atom. The van der Waals surface area contributed by atoms with Gasteiger partial charge in [0.1, 0.15) is 0 Å². The maximum Gasteiger partial charge on any atom is 0.229 e. The van der Waals surface area contributed by atoms with Gasteiger partial charge in [0.2, 0.25) is 10.0 Å². The van der Waals surface area contributed by atoms with Crippen molar-refractivity contribution in [3.05, 3.63) is 29.8 Å². The first-order valence-corrected chi connectivity index (χ1v) is 6.11. The van der Waals surface area contributed by atoms with E-state index in [1.165, 1.54) is 0 Å². The van der Waals surface area contributed by atoms with Crippen molar-refractivity contribution in [1.29, 1.82) is 0 Å². The van der Waals surface area contributed by atoms with Gasteiger partial charge in [-0.3, -0.25) is 4.72 Å². The van der Waals surface area contributed by atoms with E-state index in [2.05, 4.69) is 4.72 Å². The van der Waals surface area contributed by atoms with Gasteiger partial charge in [-0.2, -0.15) is 0 Å². The van der Waals surface area contributed by atoms with Gasteiger partial charge in [-0.25, -0.2) is 8.42 Å². The first kappa shape index (κ1) is 11.0. The van der Waals surface area contributed by atoms with E-state index in [-0.39, 0.29) is 6.04 Å². The second-order valence-corrected chi connectivity index (χ2v) is 5.03. The number of rotatable bonds is 3. The molecule has 0 saturated carbocycles. The van der Waals surface area contributed by atoms with Crippen LogP contribution in [0.5, 0.6) is 0 Å². The van der Waals surface area contributed by atoms with Crippen LogP contribution in [0.25, 0.3) is 0 Å². The predicted octanol–water partition coefficient (Wildman–Crippen LogP) is 1.08. The van der Waals surface area contributed by atoms with Crippen molar-refractivity contribution in [2.75, 3.05) is 11.0 Å². The van der Waals surface area contributed by atoms with Gasteiger partial charge < -0.3 is 5.73 Å². The van der Waals surface area contributed by atoms with Crippen LogP contribution in [0, 0.1) is 0 Å². The highest BCUT2D eigenvalue weighted by atomic mass is 32.2. The lowest BCUT2D eigenvalue weighted by molar-refractivity contribution is 0.607. The van der Waals surface area contributed by atoms with E-state index in [4.69, 9.17) is 5.73 Å². The van der Waals surface area contributed by atoms with Crippen LogP contribution in [0.2, 0.25) is 0 Å². The Hall–Kier alpha value is -1.07. The van der Waals surface area contributed by atoms with Gasteiger partial charge in [-0.15, -0.1) is 0 Å². The van der Waals surface area contributed by atoms with Gasteiger partial charge in [0, 0.05) is 11.7 Å². The Morgan fingerprint density at radius 1 is 1.29 bits per heavy atom. The number of hydrogen-bond acceptors (Lipinski definition) is 3. The van der Waals surface area contributed by atoms with Crippen LogP contribution in [0.1, 0.15) is 18.5 Å². The van der Waals surface area contributed by atoms with Gasteiger partial charge in [0.05, 0.1) is 6.26 Å². The average Bonchev–Trinajstić information content (AvgIpc) is 2.02. The van der Waals surface area contributed by atoms with Crippen molar-refractivity contribution >= 4 is 15.7 Å². The molecule has 0 aliphatic rings. The fraction of sp³-hybridized carbons (Fsp3) is 0.333. The fourth-order valence-corrected chi connectivity index (χ4v) is 1.63. The van der Waals surface area contributed by atoms with Gasteiger partial charge in [-0.1, -0.05) is 12.1 Å². The number of sulfonamides is 1. The number of nitrogens with one attached hydrogen (secondary N) is 1. The van der Waals surface area contributed by atoms with Gasteiger partial charge in [-0.05, 0) is 24.6 Å². The van der Waals surface area contributed by atoms with Crippen molar-refractivity contribution in [2.24, 2.45) is 5.73 Å². The zero-order valence-electron chi connectivity index (χ0n) is 8.19. The third-order valence-electron chi connectivity index (χ3n) is 1.74. The molecule has 0 aliphatic carbocycles. The third kappa shape index (κ3) is 3.35. The summed E-state index contributed by atoms with van der Waals surface area (Å²) in [5.41, 5.74) is 7.18. The monoisotopic (exact) mass is 214 g/mol. The summed E-state index contributed by atoms with van der Waals surface area (Å²) in [7, 11) is -3.19. The summed E-state index contributed by atoms with van der Waals surface area (Å²) in [6.45, 7) is 1.87. The van der Waals surface area contributed by atoms with Gasteiger partial charge >= 0.3 is 0 Å². The summed E-state index contributed by atoms with van der Waals surface area (Å²) in [5.74, 6) is 0. The van der Waals surface area contributed by atoms with Crippen molar-refractivity contribution in [3.63, 3.8) is 0 Å². The summed E-state index contributed by atoms with van der Waals surface area (Å²) in [6.07, 6.45) is 1.12. The second-order valence-electron chi connectivity index (χ2n) is 3.28. The number of nitrogens with two attached hydrogens (primary N) is 1. The van der Waals surface area contributed by atoms with Crippen LogP contribution in [-0.2, 0) is 10.0 Å². The molecule has 0 bridgehead atoms. The Morgan fingerprint density at radius 2 is 1.79 bits per heavy atom. The van der Waals surface area contributed by atoms with Crippen LogP contribution in [0.4, 0.5) is 5.69 Å². The first-order valence-electron chi connectivity index (χ1n) is 4.22. The number of benzene rings is 1. The van der Waals surface area contributed by atoms with E-state index in [0.29, 0.717) is 5.69 Å². The zero-order chi connectivity index (χ0) is 10.8. The summed E-state index contributed by atoms with van der Waals surface area (Å²) >= 11 is 0. The van der Waals surface area contributed by atoms with E-state index in [1.807, 2.05) is 6.92 Å². The Bertz CT molecular complexity index is 395. The average molecular weight is 214 g/mol. The second kappa shape index (κ2) is 3.98. The van der Waals surface area contributed by atoms with Crippen molar-refractivity contribution in [2.45, 2.75) is 13.0 Å². The molecule has 0 spiro atoms. The molecular weight excluding hydrogens is 200 g/mol. The molecule has 0 fully saturated rings. The molecule has 3 N–H and O–H groups in total. The fourth-order valence-electron chi connectivity index (χ4n) is 1.07. The van der Waals surface area contributed by atoms with Crippen LogP contribution in [0.3, 0.4) is 0 Å². The lowest BCUT2D eigenvalue weighted by Gasteiger charge is -2.07.